The topological polar surface area (TPSA) is 111 Å². The van der Waals surface area contributed by atoms with Crippen LogP contribution in [0.3, 0.4) is 0 Å². The number of carbonyl (C=O) groups is 1. The number of amides is 1. The molecule has 8 nitrogen and oxygen atoms in total. The van der Waals surface area contributed by atoms with E-state index in [1.54, 1.807) is 30.7 Å². The van der Waals surface area contributed by atoms with Crippen molar-refractivity contribution in [2.45, 2.75) is 83.6 Å². The van der Waals surface area contributed by atoms with Crippen molar-refractivity contribution in [2.24, 2.45) is 5.92 Å². The minimum Gasteiger partial charge on any atom is -0.435 e. The molecule has 2 N–H and O–H groups in total. The van der Waals surface area contributed by atoms with Crippen molar-refractivity contribution in [3.63, 3.8) is 0 Å². The zero-order valence-corrected chi connectivity index (χ0v) is 22.4. The lowest BCUT2D eigenvalue weighted by Crippen LogP contribution is -2.53. The molecular formula is C26H35F2N3O5S. The van der Waals surface area contributed by atoms with E-state index in [0.717, 1.165) is 11.3 Å². The maximum Gasteiger partial charge on any atom is 0.387 e. The van der Waals surface area contributed by atoms with E-state index >= 15 is 0 Å². The van der Waals surface area contributed by atoms with E-state index in [-0.39, 0.29) is 29.1 Å². The van der Waals surface area contributed by atoms with Crippen LogP contribution in [-0.4, -0.2) is 58.5 Å². The van der Waals surface area contributed by atoms with Gasteiger partial charge >= 0.3 is 6.61 Å². The van der Waals surface area contributed by atoms with Crippen LogP contribution in [0.5, 0.6) is 5.75 Å². The molecule has 2 aromatic rings. The lowest BCUT2D eigenvalue weighted by atomic mass is 9.83. The molecule has 0 radical (unpaired) electrons. The molecule has 0 spiro atoms. The van der Waals surface area contributed by atoms with Gasteiger partial charge in [0.1, 0.15) is 15.6 Å². The maximum atomic E-state index is 13.3. The SMILES string of the molecule is C[C@H](n1nc(-c2cccc(OC(F)F)c2)c2c1C[C@H](C(=O)NC1(C)CCS(=O)(=O)CC1)CC2)C(C)(C)O. The molecule has 1 aliphatic carbocycles. The van der Waals surface area contributed by atoms with Crippen LogP contribution in [0, 0.1) is 5.92 Å². The molecule has 1 aromatic carbocycles. The summed E-state index contributed by atoms with van der Waals surface area (Å²) in [5.74, 6) is -0.306. The number of sulfone groups is 1. The van der Waals surface area contributed by atoms with Crippen LogP contribution in [0.1, 0.15) is 64.3 Å². The Hall–Kier alpha value is -2.53. The van der Waals surface area contributed by atoms with Gasteiger partial charge in [-0.1, -0.05) is 12.1 Å². The number of nitrogens with zero attached hydrogens (tertiary/aromatic N) is 2. The van der Waals surface area contributed by atoms with E-state index < -0.39 is 33.6 Å². The summed E-state index contributed by atoms with van der Waals surface area (Å²) in [5, 5.41) is 18.6. The molecule has 1 fully saturated rings. The molecule has 2 aliphatic rings. The molecule has 37 heavy (non-hydrogen) atoms. The van der Waals surface area contributed by atoms with Crippen molar-refractivity contribution in [1.82, 2.24) is 15.1 Å². The van der Waals surface area contributed by atoms with Crippen molar-refractivity contribution < 1.29 is 31.8 Å². The highest BCUT2D eigenvalue weighted by molar-refractivity contribution is 7.91. The van der Waals surface area contributed by atoms with E-state index in [2.05, 4.69) is 10.1 Å². The molecule has 2 atom stereocenters. The van der Waals surface area contributed by atoms with Crippen molar-refractivity contribution >= 4 is 15.7 Å². The highest BCUT2D eigenvalue weighted by Crippen LogP contribution is 2.38. The number of nitrogens with one attached hydrogen (secondary N) is 1. The smallest absolute Gasteiger partial charge is 0.387 e. The summed E-state index contributed by atoms with van der Waals surface area (Å²) in [7, 11) is -3.05. The summed E-state index contributed by atoms with van der Waals surface area (Å²) in [5.41, 5.74) is 1.31. The van der Waals surface area contributed by atoms with Gasteiger partial charge in [-0.3, -0.25) is 9.48 Å². The maximum absolute atomic E-state index is 13.3. The summed E-state index contributed by atoms with van der Waals surface area (Å²) >= 11 is 0. The molecule has 1 amide bonds. The summed E-state index contributed by atoms with van der Waals surface area (Å²) in [6.45, 7) is 4.17. The van der Waals surface area contributed by atoms with Gasteiger partial charge in [-0.15, -0.1) is 0 Å². The minimum atomic E-state index is -3.05. The lowest BCUT2D eigenvalue weighted by Gasteiger charge is -2.36. The van der Waals surface area contributed by atoms with E-state index in [0.29, 0.717) is 43.4 Å². The van der Waals surface area contributed by atoms with Crippen LogP contribution in [0.4, 0.5) is 8.78 Å². The fourth-order valence-electron chi connectivity index (χ4n) is 5.04. The summed E-state index contributed by atoms with van der Waals surface area (Å²) < 4.78 is 55.6. The van der Waals surface area contributed by atoms with Crippen molar-refractivity contribution in [1.29, 1.82) is 0 Å². The first-order valence-corrected chi connectivity index (χ1v) is 14.4. The average Bonchev–Trinajstić information content (AvgIpc) is 3.19. The zero-order valence-electron chi connectivity index (χ0n) is 21.6. The molecule has 1 aromatic heterocycles. The number of halogens is 2. The number of alkyl halides is 2. The second-order valence-electron chi connectivity index (χ2n) is 11.1. The van der Waals surface area contributed by atoms with Crippen molar-refractivity contribution in [2.75, 3.05) is 11.5 Å². The molecule has 1 aliphatic heterocycles. The fourth-order valence-corrected chi connectivity index (χ4v) is 6.77. The third kappa shape index (κ3) is 6.14. The predicted octanol–water partition coefficient (Wildman–Crippen LogP) is 3.67. The van der Waals surface area contributed by atoms with Crippen LogP contribution in [-0.2, 0) is 27.5 Å². The molecule has 204 valence electrons. The first kappa shape index (κ1) is 27.5. The Morgan fingerprint density at radius 1 is 1.30 bits per heavy atom. The fraction of sp³-hybridized carbons (Fsp3) is 0.615. The Morgan fingerprint density at radius 2 is 1.97 bits per heavy atom. The Morgan fingerprint density at radius 3 is 2.59 bits per heavy atom. The Balaban J connectivity index is 1.63. The monoisotopic (exact) mass is 539 g/mol. The lowest BCUT2D eigenvalue weighted by molar-refractivity contribution is -0.127. The van der Waals surface area contributed by atoms with Gasteiger partial charge in [-0.2, -0.15) is 13.9 Å². The molecule has 1 saturated heterocycles. The third-order valence-electron chi connectivity index (χ3n) is 7.75. The van der Waals surface area contributed by atoms with E-state index in [4.69, 9.17) is 5.10 Å². The molecule has 4 rings (SSSR count). The van der Waals surface area contributed by atoms with Gasteiger partial charge in [0.05, 0.1) is 28.8 Å². The zero-order chi connectivity index (χ0) is 27.2. The first-order valence-electron chi connectivity index (χ1n) is 12.6. The standard InChI is InChI=1S/C26H35F2N3O5S/c1-16(25(2,3)33)31-21-15-18(23(32)29-26(4)10-12-37(34,35)13-11-26)8-9-20(21)22(30-31)17-6-5-7-19(14-17)36-24(27)28/h5-7,14,16,18,24,33H,8-13,15H2,1-4H3,(H,29,32)/t16-,18+/m0/s1. The predicted molar refractivity (Wildman–Crippen MR) is 135 cm³/mol. The Kier molecular flexibility index (Phi) is 7.42. The van der Waals surface area contributed by atoms with Gasteiger partial charge in [0, 0.05) is 34.7 Å². The van der Waals surface area contributed by atoms with Crippen molar-refractivity contribution in [3.05, 3.63) is 35.5 Å². The number of hydrogen-bond acceptors (Lipinski definition) is 6. The largest absolute Gasteiger partial charge is 0.435 e. The van der Waals surface area contributed by atoms with Crippen LogP contribution < -0.4 is 10.1 Å². The van der Waals surface area contributed by atoms with Crippen LogP contribution in [0.25, 0.3) is 11.3 Å². The second kappa shape index (κ2) is 9.98. The van der Waals surface area contributed by atoms with Gasteiger partial charge in [-0.25, -0.2) is 8.42 Å². The molecule has 0 saturated carbocycles. The quantitative estimate of drug-likeness (QED) is 0.556. The van der Waals surface area contributed by atoms with Crippen molar-refractivity contribution in [3.8, 4) is 17.0 Å². The first-order chi connectivity index (χ1) is 17.2. The van der Waals surface area contributed by atoms with Gasteiger partial charge in [-0.05, 0) is 65.5 Å². The third-order valence-corrected chi connectivity index (χ3v) is 9.40. The molecule has 11 heteroatoms. The number of aliphatic hydroxyl groups is 1. The summed E-state index contributed by atoms with van der Waals surface area (Å²) in [4.78, 5) is 13.3. The summed E-state index contributed by atoms with van der Waals surface area (Å²) in [6, 6.07) is 5.96. The van der Waals surface area contributed by atoms with Gasteiger partial charge in [0.15, 0.2) is 0 Å². The van der Waals surface area contributed by atoms with Crippen LogP contribution in [0.2, 0.25) is 0 Å². The highest BCUT2D eigenvalue weighted by atomic mass is 32.2. The molecule has 2 heterocycles. The number of aromatic nitrogens is 2. The molecule has 0 unspecified atom stereocenters. The van der Waals surface area contributed by atoms with Crippen LogP contribution in [0.15, 0.2) is 24.3 Å². The minimum absolute atomic E-state index is 0.0298. The van der Waals surface area contributed by atoms with Gasteiger partial charge in [0.25, 0.3) is 0 Å². The number of hydrogen-bond donors (Lipinski definition) is 2. The second-order valence-corrected chi connectivity index (χ2v) is 13.4. The summed E-state index contributed by atoms with van der Waals surface area (Å²) in [6.07, 6.45) is 2.28. The van der Waals surface area contributed by atoms with E-state index in [1.807, 2.05) is 13.8 Å². The van der Waals surface area contributed by atoms with Gasteiger partial charge in [0.2, 0.25) is 5.91 Å². The average molecular weight is 540 g/mol. The number of benzene rings is 1. The number of carbonyl (C=O) groups excluding carboxylic acids is 1. The van der Waals surface area contributed by atoms with Crippen LogP contribution >= 0.6 is 0 Å². The molecular weight excluding hydrogens is 504 g/mol. The number of rotatable bonds is 7. The number of ether oxygens (including phenoxy) is 1. The number of fused-ring (bicyclic) bond motifs is 1. The highest BCUT2D eigenvalue weighted by Gasteiger charge is 2.39. The Labute approximate surface area is 216 Å². The van der Waals surface area contributed by atoms with E-state index in [1.165, 1.54) is 12.1 Å². The van der Waals surface area contributed by atoms with E-state index in [9.17, 15) is 27.1 Å². The van der Waals surface area contributed by atoms with Gasteiger partial charge < -0.3 is 15.2 Å². The molecule has 0 bridgehead atoms. The Bertz CT molecular complexity index is 1260. The normalized spacial score (nSPS) is 21.8.